The van der Waals surface area contributed by atoms with Crippen LogP contribution in [0.3, 0.4) is 0 Å². The van der Waals surface area contributed by atoms with Gasteiger partial charge in [-0.15, -0.1) is 11.3 Å². The van der Waals surface area contributed by atoms with Crippen molar-refractivity contribution in [3.8, 4) is 5.75 Å². The zero-order chi connectivity index (χ0) is 19.1. The van der Waals surface area contributed by atoms with Crippen LogP contribution in [-0.2, 0) is 13.1 Å². The molecule has 142 valence electrons. The van der Waals surface area contributed by atoms with Crippen molar-refractivity contribution < 1.29 is 13.5 Å². The highest BCUT2D eigenvalue weighted by Gasteiger charge is 2.10. The van der Waals surface area contributed by atoms with Gasteiger partial charge in [-0.1, -0.05) is 12.1 Å². The lowest BCUT2D eigenvalue weighted by Gasteiger charge is -2.22. The fourth-order valence-corrected chi connectivity index (χ4v) is 3.32. The van der Waals surface area contributed by atoms with Crippen molar-refractivity contribution in [2.24, 2.45) is 4.99 Å². The van der Waals surface area contributed by atoms with Gasteiger partial charge in [0.25, 0.3) is 0 Å². The lowest BCUT2D eigenvalue weighted by molar-refractivity contribution is -0.0498. The summed E-state index contributed by atoms with van der Waals surface area (Å²) in [6.45, 7) is 5.12. The Labute approximate surface area is 156 Å². The third-order valence-corrected chi connectivity index (χ3v) is 4.69. The molecule has 0 amide bonds. The summed E-state index contributed by atoms with van der Waals surface area (Å²) in [5, 5.41) is 4.31. The lowest BCUT2D eigenvalue weighted by Crippen LogP contribution is -2.38. The lowest BCUT2D eigenvalue weighted by atomic mass is 10.2. The first-order valence-corrected chi connectivity index (χ1v) is 9.16. The molecule has 0 aliphatic heterocycles. The van der Waals surface area contributed by atoms with E-state index in [4.69, 9.17) is 0 Å². The summed E-state index contributed by atoms with van der Waals surface area (Å²) in [5.41, 5.74) is 1.99. The number of nitrogens with one attached hydrogen (secondary N) is 1. The number of nitrogens with zero attached hydrogens (tertiary/aromatic N) is 3. The molecule has 0 unspecified atom stereocenters. The molecular weight excluding hydrogens is 358 g/mol. The zero-order valence-corrected chi connectivity index (χ0v) is 16.2. The Bertz CT molecular complexity index is 731. The first-order valence-electron chi connectivity index (χ1n) is 8.35. The summed E-state index contributed by atoms with van der Waals surface area (Å²) in [6.07, 6.45) is 0. The summed E-state index contributed by atoms with van der Waals surface area (Å²) in [4.78, 5) is 12.3. The third kappa shape index (κ3) is 5.94. The van der Waals surface area contributed by atoms with E-state index in [1.54, 1.807) is 35.6 Å². The summed E-state index contributed by atoms with van der Waals surface area (Å²) in [6, 6.07) is 6.63. The molecule has 2 aromatic rings. The number of benzene rings is 1. The number of aliphatic imine (C=N–C) groups is 1. The van der Waals surface area contributed by atoms with Crippen LogP contribution >= 0.6 is 11.3 Å². The fourth-order valence-electron chi connectivity index (χ4n) is 2.46. The van der Waals surface area contributed by atoms with E-state index in [1.807, 2.05) is 32.7 Å². The van der Waals surface area contributed by atoms with E-state index in [2.05, 4.69) is 20.0 Å². The molecule has 0 fully saturated rings. The molecule has 8 heteroatoms. The number of hydrogen-bond donors (Lipinski definition) is 1. The second-order valence-corrected chi connectivity index (χ2v) is 7.08. The van der Waals surface area contributed by atoms with Gasteiger partial charge in [0, 0.05) is 25.0 Å². The highest BCUT2D eigenvalue weighted by Crippen LogP contribution is 2.18. The van der Waals surface area contributed by atoms with Gasteiger partial charge in [-0.05, 0) is 38.5 Å². The van der Waals surface area contributed by atoms with Gasteiger partial charge in [0.05, 0.1) is 17.2 Å². The first kappa shape index (κ1) is 20.1. The Kier molecular flexibility index (Phi) is 7.32. The monoisotopic (exact) mass is 382 g/mol. The molecule has 1 N–H and O–H groups in total. The maximum absolute atomic E-state index is 12.2. The zero-order valence-electron chi connectivity index (χ0n) is 15.4. The molecule has 0 spiro atoms. The van der Waals surface area contributed by atoms with Crippen molar-refractivity contribution in [3.05, 3.63) is 45.4 Å². The molecule has 1 aromatic heterocycles. The van der Waals surface area contributed by atoms with Crippen molar-refractivity contribution >= 4 is 17.3 Å². The van der Waals surface area contributed by atoms with Gasteiger partial charge in [-0.2, -0.15) is 8.78 Å². The molecule has 0 aliphatic carbocycles. The van der Waals surface area contributed by atoms with Gasteiger partial charge in [0.15, 0.2) is 5.96 Å². The number of guanidine groups is 1. The Morgan fingerprint density at radius 2 is 2.00 bits per heavy atom. The molecule has 0 radical (unpaired) electrons. The van der Waals surface area contributed by atoms with Gasteiger partial charge >= 0.3 is 6.61 Å². The predicted molar refractivity (Wildman–Crippen MR) is 101 cm³/mol. The molecule has 0 atom stereocenters. The second kappa shape index (κ2) is 9.47. The second-order valence-electron chi connectivity index (χ2n) is 5.79. The predicted octanol–water partition coefficient (Wildman–Crippen LogP) is 3.96. The van der Waals surface area contributed by atoms with E-state index in [-0.39, 0.29) is 5.75 Å². The molecule has 1 heterocycles. The fraction of sp³-hybridized carbons (Fsp3) is 0.444. The van der Waals surface area contributed by atoms with E-state index in [0.29, 0.717) is 13.1 Å². The molecule has 0 saturated heterocycles. The molecule has 0 aliphatic rings. The van der Waals surface area contributed by atoms with E-state index >= 15 is 0 Å². The summed E-state index contributed by atoms with van der Waals surface area (Å²) in [5.74, 6) is 0.939. The molecule has 2 rings (SSSR count). The van der Waals surface area contributed by atoms with E-state index in [9.17, 15) is 8.78 Å². The summed E-state index contributed by atoms with van der Waals surface area (Å²) >= 11 is 1.66. The molecule has 5 nitrogen and oxygen atoms in total. The van der Waals surface area contributed by atoms with Crippen molar-refractivity contribution in [1.29, 1.82) is 0 Å². The van der Waals surface area contributed by atoms with Gasteiger partial charge in [0.2, 0.25) is 0 Å². The Hall–Kier alpha value is -2.22. The quantitative estimate of drug-likeness (QED) is 0.582. The smallest absolute Gasteiger partial charge is 0.387 e. The largest absolute Gasteiger partial charge is 0.435 e. The van der Waals surface area contributed by atoms with Crippen LogP contribution in [0.25, 0.3) is 0 Å². The third-order valence-electron chi connectivity index (χ3n) is 3.64. The van der Waals surface area contributed by atoms with Crippen LogP contribution < -0.4 is 10.1 Å². The standard InChI is InChI=1S/C18H24F2N4OS/c1-5-21-18(22-10-16-12(2)23-13(3)26-16)24(4)11-14-6-8-15(9-7-14)25-17(19)20/h6-9,17H,5,10-11H2,1-4H3,(H,21,22). The number of hydrogen-bond acceptors (Lipinski definition) is 4. The van der Waals surface area contributed by atoms with Crippen molar-refractivity contribution in [2.45, 2.75) is 40.5 Å². The van der Waals surface area contributed by atoms with Gasteiger partial charge < -0.3 is 15.0 Å². The SMILES string of the molecule is CCNC(=NCc1sc(C)nc1C)N(C)Cc1ccc(OC(F)F)cc1. The van der Waals surface area contributed by atoms with E-state index in [1.165, 1.54) is 0 Å². The Balaban J connectivity index is 2.04. The van der Waals surface area contributed by atoms with Crippen LogP contribution in [0, 0.1) is 13.8 Å². The minimum absolute atomic E-state index is 0.156. The van der Waals surface area contributed by atoms with Crippen LogP contribution in [0.2, 0.25) is 0 Å². The van der Waals surface area contributed by atoms with E-state index in [0.717, 1.165) is 33.6 Å². The summed E-state index contributed by atoms with van der Waals surface area (Å²) in [7, 11) is 1.94. The number of aryl methyl sites for hydroxylation is 2. The number of alkyl halides is 2. The van der Waals surface area contributed by atoms with Crippen LogP contribution in [0.1, 0.15) is 28.1 Å². The van der Waals surface area contributed by atoms with Gasteiger partial charge in [0.1, 0.15) is 5.75 Å². The average molecular weight is 382 g/mol. The normalized spacial score (nSPS) is 11.7. The van der Waals surface area contributed by atoms with E-state index < -0.39 is 6.61 Å². The van der Waals surface area contributed by atoms with Crippen LogP contribution in [-0.4, -0.2) is 36.0 Å². The molecule has 0 bridgehead atoms. The molecule has 0 saturated carbocycles. The average Bonchev–Trinajstić information content (AvgIpc) is 2.90. The molecule has 1 aromatic carbocycles. The van der Waals surface area contributed by atoms with Crippen LogP contribution in [0.5, 0.6) is 5.75 Å². The number of halogens is 2. The topological polar surface area (TPSA) is 49.8 Å². The van der Waals surface area contributed by atoms with Crippen molar-refractivity contribution in [3.63, 3.8) is 0 Å². The highest BCUT2D eigenvalue weighted by molar-refractivity contribution is 7.11. The number of aromatic nitrogens is 1. The number of rotatable bonds is 7. The van der Waals surface area contributed by atoms with Gasteiger partial charge in [-0.25, -0.2) is 9.98 Å². The highest BCUT2D eigenvalue weighted by atomic mass is 32.1. The minimum Gasteiger partial charge on any atom is -0.435 e. The molecule has 26 heavy (non-hydrogen) atoms. The van der Waals surface area contributed by atoms with Gasteiger partial charge in [-0.3, -0.25) is 0 Å². The maximum atomic E-state index is 12.2. The molecular formula is C18H24F2N4OS. The number of thiazole rings is 1. The Morgan fingerprint density at radius 3 is 2.54 bits per heavy atom. The van der Waals surface area contributed by atoms with Crippen molar-refractivity contribution in [1.82, 2.24) is 15.2 Å². The summed E-state index contributed by atoms with van der Waals surface area (Å²) < 4.78 is 28.8. The first-order chi connectivity index (χ1) is 12.4. The maximum Gasteiger partial charge on any atom is 0.387 e. The van der Waals surface area contributed by atoms with Crippen molar-refractivity contribution in [2.75, 3.05) is 13.6 Å². The van der Waals surface area contributed by atoms with Crippen LogP contribution in [0.15, 0.2) is 29.3 Å². The Morgan fingerprint density at radius 1 is 1.31 bits per heavy atom. The van der Waals surface area contributed by atoms with Crippen LogP contribution in [0.4, 0.5) is 8.78 Å². The number of ether oxygens (including phenoxy) is 1. The minimum atomic E-state index is -2.81.